The summed E-state index contributed by atoms with van der Waals surface area (Å²) in [4.78, 5) is 0. The van der Waals surface area contributed by atoms with Gasteiger partial charge in [-0.25, -0.2) is 0 Å². The maximum absolute atomic E-state index is 5.65. The minimum atomic E-state index is 0.300. The molecule has 0 aliphatic heterocycles. The normalized spacial score (nSPS) is 13.5. The Morgan fingerprint density at radius 2 is 1.88 bits per heavy atom. The average molecular weight is 235 g/mol. The Kier molecular flexibility index (Phi) is 5.01. The average Bonchev–Trinajstić information content (AvgIpc) is 2.26. The van der Waals surface area contributed by atoms with E-state index in [9.17, 15) is 0 Å². The fourth-order valence-corrected chi connectivity index (χ4v) is 1.69. The van der Waals surface area contributed by atoms with E-state index in [0.29, 0.717) is 18.1 Å². The van der Waals surface area contributed by atoms with Crippen LogP contribution in [0.1, 0.15) is 46.2 Å². The molecule has 0 radical (unpaired) electrons. The van der Waals surface area contributed by atoms with E-state index in [1.165, 1.54) is 5.56 Å². The number of ether oxygens (including phenoxy) is 1. The van der Waals surface area contributed by atoms with Crippen LogP contribution < -0.4 is 10.1 Å². The predicted octanol–water partition coefficient (Wildman–Crippen LogP) is 3.78. The molecular formula is C15H25NO. The predicted molar refractivity (Wildman–Crippen MR) is 73.5 cm³/mol. The Morgan fingerprint density at radius 1 is 1.24 bits per heavy atom. The summed E-state index contributed by atoms with van der Waals surface area (Å²) in [6.07, 6.45) is 0. The van der Waals surface area contributed by atoms with Crippen LogP contribution in [0.4, 0.5) is 0 Å². The molecule has 0 fully saturated rings. The van der Waals surface area contributed by atoms with Gasteiger partial charge in [0.25, 0.3) is 0 Å². The Balaban J connectivity index is 2.70. The van der Waals surface area contributed by atoms with Crippen molar-refractivity contribution in [2.24, 2.45) is 5.41 Å². The molecule has 0 bridgehead atoms. The first-order valence-corrected chi connectivity index (χ1v) is 6.39. The second-order valence-electron chi connectivity index (χ2n) is 5.63. The second kappa shape index (κ2) is 6.06. The van der Waals surface area contributed by atoms with Crippen molar-refractivity contribution >= 4 is 0 Å². The Labute approximate surface area is 105 Å². The third kappa shape index (κ3) is 4.78. The van der Waals surface area contributed by atoms with Gasteiger partial charge < -0.3 is 10.1 Å². The Hall–Kier alpha value is -1.02. The molecule has 0 aliphatic carbocycles. The van der Waals surface area contributed by atoms with Gasteiger partial charge >= 0.3 is 0 Å². The number of rotatable bonds is 5. The van der Waals surface area contributed by atoms with E-state index in [2.05, 4.69) is 45.1 Å². The van der Waals surface area contributed by atoms with Gasteiger partial charge in [0.15, 0.2) is 0 Å². The van der Waals surface area contributed by atoms with Gasteiger partial charge in [0, 0.05) is 18.2 Å². The monoisotopic (exact) mass is 235 g/mol. The zero-order valence-electron chi connectivity index (χ0n) is 11.7. The largest absolute Gasteiger partial charge is 0.494 e. The molecule has 1 aromatic rings. The van der Waals surface area contributed by atoms with E-state index in [0.717, 1.165) is 12.3 Å². The molecule has 0 saturated heterocycles. The summed E-state index contributed by atoms with van der Waals surface area (Å²) in [5.74, 6) is 0.990. The lowest BCUT2D eigenvalue weighted by Crippen LogP contribution is -2.29. The SMILES string of the molecule is CCOc1ccccc1C(C)NCC(C)(C)C. The van der Waals surface area contributed by atoms with Gasteiger partial charge in [0.05, 0.1) is 6.61 Å². The molecule has 0 amide bonds. The highest BCUT2D eigenvalue weighted by Gasteiger charge is 2.15. The van der Waals surface area contributed by atoms with Crippen LogP contribution in [-0.4, -0.2) is 13.2 Å². The second-order valence-corrected chi connectivity index (χ2v) is 5.63. The van der Waals surface area contributed by atoms with Crippen molar-refractivity contribution in [2.45, 2.75) is 40.7 Å². The summed E-state index contributed by atoms with van der Waals surface area (Å²) in [5.41, 5.74) is 1.54. The molecule has 0 aliphatic rings. The van der Waals surface area contributed by atoms with Gasteiger partial charge in [-0.2, -0.15) is 0 Å². The van der Waals surface area contributed by atoms with Gasteiger partial charge in [-0.3, -0.25) is 0 Å². The highest BCUT2D eigenvalue weighted by molar-refractivity contribution is 5.35. The quantitative estimate of drug-likeness (QED) is 0.838. The number of benzene rings is 1. The van der Waals surface area contributed by atoms with Crippen LogP contribution in [0.15, 0.2) is 24.3 Å². The molecule has 0 aromatic heterocycles. The van der Waals surface area contributed by atoms with Crippen molar-refractivity contribution in [1.29, 1.82) is 0 Å². The summed E-state index contributed by atoms with van der Waals surface area (Å²) < 4.78 is 5.65. The lowest BCUT2D eigenvalue weighted by molar-refractivity contribution is 0.324. The maximum atomic E-state index is 5.65. The van der Waals surface area contributed by atoms with Gasteiger partial charge in [0.2, 0.25) is 0 Å². The maximum Gasteiger partial charge on any atom is 0.124 e. The molecule has 0 saturated carbocycles. The highest BCUT2D eigenvalue weighted by atomic mass is 16.5. The van der Waals surface area contributed by atoms with Crippen molar-refractivity contribution in [3.05, 3.63) is 29.8 Å². The zero-order chi connectivity index (χ0) is 12.9. The molecule has 96 valence electrons. The lowest BCUT2D eigenvalue weighted by Gasteiger charge is -2.24. The minimum Gasteiger partial charge on any atom is -0.494 e. The summed E-state index contributed by atoms with van der Waals surface area (Å²) >= 11 is 0. The first kappa shape index (κ1) is 14.0. The molecule has 1 rings (SSSR count). The van der Waals surface area contributed by atoms with Crippen molar-refractivity contribution in [2.75, 3.05) is 13.2 Å². The third-order valence-electron chi connectivity index (χ3n) is 2.62. The van der Waals surface area contributed by atoms with Crippen LogP contribution in [0.25, 0.3) is 0 Å². The molecule has 1 atom stereocenters. The number of hydrogen-bond donors (Lipinski definition) is 1. The zero-order valence-corrected chi connectivity index (χ0v) is 11.7. The Bertz CT molecular complexity index is 341. The van der Waals surface area contributed by atoms with Crippen LogP contribution in [0.5, 0.6) is 5.75 Å². The standard InChI is InChI=1S/C15H25NO/c1-6-17-14-10-8-7-9-13(14)12(2)16-11-15(3,4)5/h7-10,12,16H,6,11H2,1-5H3. The molecule has 0 spiro atoms. The lowest BCUT2D eigenvalue weighted by atomic mass is 9.96. The van der Waals surface area contributed by atoms with E-state index in [-0.39, 0.29) is 0 Å². The first-order valence-electron chi connectivity index (χ1n) is 6.39. The summed E-state index contributed by atoms with van der Waals surface area (Å²) in [6, 6.07) is 8.56. The molecule has 0 heterocycles. The fraction of sp³-hybridized carbons (Fsp3) is 0.600. The topological polar surface area (TPSA) is 21.3 Å². The summed E-state index contributed by atoms with van der Waals surface area (Å²) in [7, 11) is 0. The van der Waals surface area contributed by atoms with Crippen LogP contribution in [0.3, 0.4) is 0 Å². The van der Waals surface area contributed by atoms with E-state index >= 15 is 0 Å². The molecule has 2 heteroatoms. The molecule has 17 heavy (non-hydrogen) atoms. The molecular weight excluding hydrogens is 210 g/mol. The molecule has 1 N–H and O–H groups in total. The fourth-order valence-electron chi connectivity index (χ4n) is 1.69. The smallest absolute Gasteiger partial charge is 0.124 e. The first-order chi connectivity index (χ1) is 7.94. The van der Waals surface area contributed by atoms with E-state index in [1.807, 2.05) is 19.1 Å². The number of para-hydroxylation sites is 1. The summed E-state index contributed by atoms with van der Waals surface area (Å²) in [5, 5.41) is 3.56. The van der Waals surface area contributed by atoms with Crippen molar-refractivity contribution in [1.82, 2.24) is 5.32 Å². The number of hydrogen-bond acceptors (Lipinski definition) is 2. The van der Waals surface area contributed by atoms with Crippen LogP contribution in [0.2, 0.25) is 0 Å². The molecule has 2 nitrogen and oxygen atoms in total. The van der Waals surface area contributed by atoms with E-state index in [1.54, 1.807) is 0 Å². The van der Waals surface area contributed by atoms with Crippen LogP contribution in [-0.2, 0) is 0 Å². The Morgan fingerprint density at radius 3 is 2.47 bits per heavy atom. The van der Waals surface area contributed by atoms with Crippen molar-refractivity contribution in [3.63, 3.8) is 0 Å². The highest BCUT2D eigenvalue weighted by Crippen LogP contribution is 2.25. The minimum absolute atomic E-state index is 0.300. The van der Waals surface area contributed by atoms with Gasteiger partial charge in [-0.05, 0) is 25.3 Å². The molecule has 1 unspecified atom stereocenters. The van der Waals surface area contributed by atoms with E-state index < -0.39 is 0 Å². The summed E-state index contributed by atoms with van der Waals surface area (Å²) in [6.45, 7) is 12.6. The van der Waals surface area contributed by atoms with Crippen LogP contribution >= 0.6 is 0 Å². The van der Waals surface area contributed by atoms with Crippen LogP contribution in [0, 0.1) is 5.41 Å². The van der Waals surface area contributed by atoms with Crippen molar-refractivity contribution in [3.8, 4) is 5.75 Å². The molecule has 1 aromatic carbocycles. The van der Waals surface area contributed by atoms with Gasteiger partial charge in [-0.15, -0.1) is 0 Å². The number of nitrogens with one attached hydrogen (secondary N) is 1. The third-order valence-corrected chi connectivity index (χ3v) is 2.62. The van der Waals surface area contributed by atoms with E-state index in [4.69, 9.17) is 4.74 Å². The van der Waals surface area contributed by atoms with Gasteiger partial charge in [-0.1, -0.05) is 39.0 Å². The van der Waals surface area contributed by atoms with Gasteiger partial charge in [0.1, 0.15) is 5.75 Å². The van der Waals surface area contributed by atoms with Crippen molar-refractivity contribution < 1.29 is 4.74 Å².